The molecular weight excluding hydrogens is 220 g/mol. The van der Waals surface area contributed by atoms with Crippen molar-refractivity contribution in [3.05, 3.63) is 37.0 Å². The van der Waals surface area contributed by atoms with Gasteiger partial charge in [-0.25, -0.2) is 0 Å². The molecule has 0 amide bonds. The van der Waals surface area contributed by atoms with Crippen molar-refractivity contribution in [2.24, 2.45) is 4.99 Å². The maximum Gasteiger partial charge on any atom is 0.278 e. The molecule has 3 nitrogen and oxygen atoms in total. The van der Waals surface area contributed by atoms with Crippen molar-refractivity contribution in [3.8, 4) is 0 Å². The topological polar surface area (TPSA) is 26.5 Å². The molecule has 0 saturated heterocycles. The van der Waals surface area contributed by atoms with E-state index in [1.54, 1.807) is 18.7 Å². The van der Waals surface area contributed by atoms with E-state index in [4.69, 9.17) is 4.74 Å². The SMILES string of the molecule is BrC1(n2cccc2)C=NC=CO1. The van der Waals surface area contributed by atoms with Gasteiger partial charge in [0.25, 0.3) is 4.63 Å². The molecule has 0 bridgehead atoms. The first-order valence-electron chi connectivity index (χ1n) is 3.51. The molecule has 1 aromatic heterocycles. The van der Waals surface area contributed by atoms with Crippen LogP contribution in [0.2, 0.25) is 0 Å². The van der Waals surface area contributed by atoms with Gasteiger partial charge in [-0.1, -0.05) is 0 Å². The van der Waals surface area contributed by atoms with Gasteiger partial charge in [-0.2, -0.15) is 0 Å². The molecule has 1 aromatic rings. The molecule has 4 heteroatoms. The van der Waals surface area contributed by atoms with Gasteiger partial charge in [0.1, 0.15) is 6.26 Å². The summed E-state index contributed by atoms with van der Waals surface area (Å²) in [6.07, 6.45) is 8.64. The van der Waals surface area contributed by atoms with Crippen LogP contribution in [0.25, 0.3) is 0 Å². The first-order valence-corrected chi connectivity index (χ1v) is 4.30. The third-order valence-electron chi connectivity index (χ3n) is 1.57. The zero-order valence-electron chi connectivity index (χ0n) is 6.22. The van der Waals surface area contributed by atoms with E-state index in [2.05, 4.69) is 20.9 Å². The fraction of sp³-hybridized carbons (Fsp3) is 0.125. The van der Waals surface area contributed by atoms with E-state index in [9.17, 15) is 0 Å². The molecule has 2 heterocycles. The van der Waals surface area contributed by atoms with Crippen LogP contribution in [0.5, 0.6) is 0 Å². The minimum atomic E-state index is -0.648. The number of alkyl halides is 1. The van der Waals surface area contributed by atoms with Crippen molar-refractivity contribution < 1.29 is 4.74 Å². The van der Waals surface area contributed by atoms with E-state index >= 15 is 0 Å². The Morgan fingerprint density at radius 1 is 1.33 bits per heavy atom. The normalized spacial score (nSPS) is 27.1. The molecule has 2 rings (SSSR count). The van der Waals surface area contributed by atoms with Crippen LogP contribution in [0.15, 0.2) is 42.0 Å². The minimum Gasteiger partial charge on any atom is -0.459 e. The second-order valence-corrected chi connectivity index (χ2v) is 3.52. The van der Waals surface area contributed by atoms with Gasteiger partial charge in [0.05, 0.1) is 12.4 Å². The molecular formula is C8H7BrN2O. The van der Waals surface area contributed by atoms with Crippen molar-refractivity contribution in [2.45, 2.75) is 4.63 Å². The number of rotatable bonds is 1. The average Bonchev–Trinajstić information content (AvgIpc) is 2.58. The first kappa shape index (κ1) is 7.61. The van der Waals surface area contributed by atoms with Crippen molar-refractivity contribution in [1.29, 1.82) is 0 Å². The fourth-order valence-electron chi connectivity index (χ4n) is 0.992. The molecule has 62 valence electrons. The summed E-state index contributed by atoms with van der Waals surface area (Å²) in [6.45, 7) is 0. The summed E-state index contributed by atoms with van der Waals surface area (Å²) in [5.41, 5.74) is 0. The molecule has 0 N–H and O–H groups in total. The second kappa shape index (κ2) is 2.79. The lowest BCUT2D eigenvalue weighted by molar-refractivity contribution is 0.115. The second-order valence-electron chi connectivity index (χ2n) is 2.38. The highest BCUT2D eigenvalue weighted by atomic mass is 79.9. The van der Waals surface area contributed by atoms with Crippen LogP contribution in [0.1, 0.15) is 0 Å². The Morgan fingerprint density at radius 3 is 2.67 bits per heavy atom. The summed E-state index contributed by atoms with van der Waals surface area (Å²) in [5, 5.41) is 0. The summed E-state index contributed by atoms with van der Waals surface area (Å²) < 4.78 is 6.59. The molecule has 1 aliphatic rings. The van der Waals surface area contributed by atoms with Gasteiger partial charge in [-0.05, 0) is 28.1 Å². The van der Waals surface area contributed by atoms with Crippen LogP contribution >= 0.6 is 15.9 Å². The van der Waals surface area contributed by atoms with Crippen LogP contribution in [0.4, 0.5) is 0 Å². The smallest absolute Gasteiger partial charge is 0.278 e. The molecule has 0 aromatic carbocycles. The number of aliphatic imine (C=N–C) groups is 1. The van der Waals surface area contributed by atoms with Gasteiger partial charge < -0.3 is 9.30 Å². The molecule has 0 saturated carbocycles. The Balaban J connectivity index is 2.34. The van der Waals surface area contributed by atoms with Crippen LogP contribution in [0.3, 0.4) is 0 Å². The van der Waals surface area contributed by atoms with Gasteiger partial charge in [0.2, 0.25) is 0 Å². The van der Waals surface area contributed by atoms with E-state index in [1.807, 2.05) is 29.1 Å². The molecule has 0 aliphatic carbocycles. The molecule has 0 fully saturated rings. The Hall–Kier alpha value is -1.03. The van der Waals surface area contributed by atoms with E-state index < -0.39 is 4.63 Å². The largest absolute Gasteiger partial charge is 0.459 e. The van der Waals surface area contributed by atoms with E-state index in [0.29, 0.717) is 0 Å². The van der Waals surface area contributed by atoms with E-state index in [1.165, 1.54) is 0 Å². The van der Waals surface area contributed by atoms with Gasteiger partial charge >= 0.3 is 0 Å². The minimum absolute atomic E-state index is 0.648. The Morgan fingerprint density at radius 2 is 2.08 bits per heavy atom. The zero-order chi connectivity index (χ0) is 8.44. The Bertz CT molecular complexity index is 318. The number of nitrogens with zero attached hydrogens (tertiary/aromatic N) is 2. The number of aromatic nitrogens is 1. The summed E-state index contributed by atoms with van der Waals surface area (Å²) >= 11 is 3.42. The van der Waals surface area contributed by atoms with Gasteiger partial charge in [-0.15, -0.1) is 0 Å². The predicted octanol–water partition coefficient (Wildman–Crippen LogP) is 2.07. The number of hydrogen-bond donors (Lipinski definition) is 0. The van der Waals surface area contributed by atoms with Crippen molar-refractivity contribution in [3.63, 3.8) is 0 Å². The highest BCUT2D eigenvalue weighted by Gasteiger charge is 2.27. The maximum atomic E-state index is 5.36. The van der Waals surface area contributed by atoms with Crippen LogP contribution < -0.4 is 0 Å². The lowest BCUT2D eigenvalue weighted by Gasteiger charge is -2.25. The number of ether oxygens (including phenoxy) is 1. The highest BCUT2D eigenvalue weighted by molar-refractivity contribution is 9.09. The highest BCUT2D eigenvalue weighted by Crippen LogP contribution is 2.26. The first-order chi connectivity index (χ1) is 5.81. The monoisotopic (exact) mass is 226 g/mol. The Labute approximate surface area is 78.5 Å². The average molecular weight is 227 g/mol. The quantitative estimate of drug-likeness (QED) is 0.674. The standard InChI is InChI=1S/C8H7BrN2O/c9-8(7-10-3-6-12-8)11-4-1-2-5-11/h1-7H. The summed E-state index contributed by atoms with van der Waals surface area (Å²) in [4.78, 5) is 3.99. The van der Waals surface area contributed by atoms with Crippen molar-refractivity contribution in [1.82, 2.24) is 4.57 Å². The molecule has 12 heavy (non-hydrogen) atoms. The third kappa shape index (κ3) is 1.18. The lowest BCUT2D eigenvalue weighted by atomic mass is 10.5. The number of halogens is 1. The third-order valence-corrected chi connectivity index (χ3v) is 2.37. The number of hydrogen-bond acceptors (Lipinski definition) is 2. The Kier molecular flexibility index (Phi) is 1.77. The van der Waals surface area contributed by atoms with Crippen LogP contribution in [0, 0.1) is 0 Å². The molecule has 1 unspecified atom stereocenters. The van der Waals surface area contributed by atoms with Gasteiger partial charge in [-0.3, -0.25) is 4.99 Å². The lowest BCUT2D eigenvalue weighted by Crippen LogP contribution is -2.29. The van der Waals surface area contributed by atoms with Crippen LogP contribution in [-0.2, 0) is 9.37 Å². The maximum absolute atomic E-state index is 5.36. The van der Waals surface area contributed by atoms with Gasteiger partial charge in [0.15, 0.2) is 0 Å². The molecule has 0 spiro atoms. The molecule has 1 aliphatic heterocycles. The molecule has 0 radical (unpaired) electrons. The summed E-state index contributed by atoms with van der Waals surface area (Å²) in [6, 6.07) is 3.86. The molecule has 1 atom stereocenters. The van der Waals surface area contributed by atoms with Gasteiger partial charge in [0, 0.05) is 12.4 Å². The zero-order valence-corrected chi connectivity index (χ0v) is 7.81. The van der Waals surface area contributed by atoms with E-state index in [0.717, 1.165) is 0 Å². The summed E-state index contributed by atoms with van der Waals surface area (Å²) in [5.74, 6) is 0. The van der Waals surface area contributed by atoms with E-state index in [-0.39, 0.29) is 0 Å². The van der Waals surface area contributed by atoms with Crippen molar-refractivity contribution >= 4 is 22.1 Å². The summed E-state index contributed by atoms with van der Waals surface area (Å²) in [7, 11) is 0. The predicted molar refractivity (Wildman–Crippen MR) is 50.1 cm³/mol. The van der Waals surface area contributed by atoms with Crippen molar-refractivity contribution in [2.75, 3.05) is 0 Å². The fourth-order valence-corrected chi connectivity index (χ4v) is 1.45. The van der Waals surface area contributed by atoms with Crippen LogP contribution in [-0.4, -0.2) is 10.8 Å².